The fourth-order valence-corrected chi connectivity index (χ4v) is 13.2. The van der Waals surface area contributed by atoms with Gasteiger partial charge in [-0.2, -0.15) is 67.3 Å². The summed E-state index contributed by atoms with van der Waals surface area (Å²) >= 11 is 0. The number of carbonyl (C=O) groups is 3. The van der Waals surface area contributed by atoms with Crippen LogP contribution in [-0.4, -0.2) is 269 Å². The molecule has 54 heteroatoms. The molecule has 3 radical (unpaired) electrons. The zero-order valence-electron chi connectivity index (χ0n) is 43.3. The molecule has 6 rings (SSSR count). The number of benzene rings is 1. The highest BCUT2D eigenvalue weighted by Crippen LogP contribution is 2.57. The molecule has 14 atom stereocenters. The summed E-state index contributed by atoms with van der Waals surface area (Å²) in [6.45, 7) is -4.84. The van der Waals surface area contributed by atoms with Crippen LogP contribution in [0, 0.1) is 11.8 Å². The predicted octanol–water partition coefficient (Wildman–Crippen LogP) is -7.53. The molecule has 3 aliphatic carbocycles. The van der Waals surface area contributed by atoms with E-state index in [9.17, 15) is 135 Å². The Morgan fingerprint density at radius 1 is 0.648 bits per heavy atom. The van der Waals surface area contributed by atoms with Crippen LogP contribution in [0.3, 0.4) is 0 Å². The number of nitrogens with two attached hydrogens (primary N) is 1. The molecule has 1 aromatic rings. The second-order valence-electron chi connectivity index (χ2n) is 18.6. The first-order valence-corrected chi connectivity index (χ1v) is 33.2. The van der Waals surface area contributed by atoms with Crippen LogP contribution in [0.2, 0.25) is 0 Å². The monoisotopic (exact) mass is 1450 g/mol. The number of phenolic OH excluding ortho intramolecular Hbond substituents is 1. The number of ketones is 2. The maximum Gasteiger partial charge on any atom is 0.397 e. The molecule has 0 aromatic heterocycles. The minimum Gasteiger partial charge on any atom is -0.508 e. The van der Waals surface area contributed by atoms with Gasteiger partial charge < -0.3 is 45.5 Å². The van der Waals surface area contributed by atoms with Gasteiger partial charge in [-0.05, 0) is 39.1 Å². The van der Waals surface area contributed by atoms with E-state index in [4.69, 9.17) is 29.0 Å². The number of hydrogen-bond donors (Lipinski definition) is 14. The zero-order chi connectivity index (χ0) is 66.9. The smallest absolute Gasteiger partial charge is 0.397 e. The van der Waals surface area contributed by atoms with Crippen LogP contribution >= 0.6 is 0 Å². The first-order valence-electron chi connectivity index (χ1n) is 22.3. The number of Topliss-reactive ketones (excluding diaryl/α,β-unsaturated/α-hetero) is 2. The zero-order valence-corrected chi connectivity index (χ0v) is 51.0. The summed E-state index contributed by atoms with van der Waals surface area (Å²) in [4.78, 5) is 40.0. The first kappa shape index (κ1) is 76.6. The van der Waals surface area contributed by atoms with E-state index >= 15 is 0 Å². The van der Waals surface area contributed by atoms with Crippen LogP contribution in [0.1, 0.15) is 24.5 Å². The summed E-state index contributed by atoms with van der Waals surface area (Å²) in [5.41, 5.74) is -0.548. The summed E-state index contributed by atoms with van der Waals surface area (Å²) in [5.74, 6) is -12.0. The molecule has 0 bridgehead atoms. The molecule has 1 amide bonds. The van der Waals surface area contributed by atoms with E-state index in [1.54, 1.807) is 0 Å². The van der Waals surface area contributed by atoms with Crippen molar-refractivity contribution >= 4 is 124 Å². The van der Waals surface area contributed by atoms with Crippen molar-refractivity contribution in [2.45, 2.75) is 85.4 Å². The third kappa shape index (κ3) is 18.3. The molecule has 45 nitrogen and oxygen atoms in total. The maximum atomic E-state index is 13.7. The van der Waals surface area contributed by atoms with Gasteiger partial charge >= 0.3 is 83.2 Å². The van der Waals surface area contributed by atoms with Gasteiger partial charge in [0.25, 0.3) is 5.91 Å². The number of aromatic hydroxyl groups is 1. The molecule has 15 N–H and O–H groups in total. The van der Waals surface area contributed by atoms with Crippen LogP contribution in [0.4, 0.5) is 0 Å². The van der Waals surface area contributed by atoms with E-state index in [2.05, 4.69) is 33.5 Å². The molecule has 88 heavy (non-hydrogen) atoms. The van der Waals surface area contributed by atoms with Crippen LogP contribution < -0.4 is 5.73 Å². The first-order chi connectivity index (χ1) is 38.9. The van der Waals surface area contributed by atoms with Crippen molar-refractivity contribution in [2.75, 3.05) is 33.9 Å². The minimum atomic E-state index is -6.24. The molecule has 2 saturated heterocycles. The van der Waals surface area contributed by atoms with Gasteiger partial charge in [-0.15, -0.1) is 0 Å². The van der Waals surface area contributed by atoms with Gasteiger partial charge in [0.05, 0.1) is 30.4 Å². The van der Waals surface area contributed by atoms with Crippen LogP contribution in [-0.2, 0) is 151 Å². The van der Waals surface area contributed by atoms with Crippen molar-refractivity contribution in [3.63, 3.8) is 0 Å². The van der Waals surface area contributed by atoms with Gasteiger partial charge in [-0.3, -0.25) is 55.7 Å². The quantitative estimate of drug-likeness (QED) is 0.0275. The number of primary amides is 1. The van der Waals surface area contributed by atoms with Crippen molar-refractivity contribution in [2.24, 2.45) is 17.6 Å². The number of likely N-dealkylation sites (N-methyl/N-ethyl adjacent to an activating group) is 1. The summed E-state index contributed by atoms with van der Waals surface area (Å²) in [7, 11) is -45.2. The second-order valence-corrected chi connectivity index (χ2v) is 27.1. The maximum absolute atomic E-state index is 13.7. The van der Waals surface area contributed by atoms with E-state index in [0.717, 1.165) is 0 Å². The Kier molecular flexibility index (Phi) is 22.9. The van der Waals surface area contributed by atoms with Gasteiger partial charge in [-0.1, -0.05) is 12.1 Å². The second kappa shape index (κ2) is 26.3. The molecular formula is C34H46AlN2O43S8. The molecule has 1 saturated carbocycles. The van der Waals surface area contributed by atoms with E-state index in [1.807, 2.05) is 0 Å². The standard InChI is InChI=1S/C22H24N2O8.C12H22O35S8.Al/c1-21(31)8-5-4-6-11(25)12(8)16(26)13-9(21)7-10-15(24(2)3)17(27)14(20(23)30)19(29)22(10,32)18(13)28;13-48(14,15)37-1-4-6(43-51(22,23)24)8(45-53(28,29)30)9(46-54(31,32)33)11(40-4)42-12(3-39-50(19,20)21)10(47-55(34,35)36)7(44-52(25,26)27)5(41-12)2-38-49(16,17)18;/h4-6,9-10,15,25-26,29,31-32H,7H2,1-3H3,(H2,23,30);4-11H,1-3H2,(H,13,14,15)(H,16,17,18)(H,19,20,21)(H,22,23,24)(H,25,26,27)(H,28,29,30)(H,31,32,33)(H,34,35,36);/t9-,10-,15-,21+,22-;4-,5-,6-,7-,8+,9-,10+,11-,12+;/m01./s1. The summed E-state index contributed by atoms with van der Waals surface area (Å²) in [5, 5.41) is 54.9. The number of ether oxygens (including phenoxy) is 3. The number of hydrogen-bond acceptors (Lipinski definition) is 36. The summed E-state index contributed by atoms with van der Waals surface area (Å²) in [6, 6.07) is 3.02. The van der Waals surface area contributed by atoms with Gasteiger partial charge in [0.15, 0.2) is 29.9 Å². The van der Waals surface area contributed by atoms with E-state index in [0.29, 0.717) is 0 Å². The SMILES string of the molecule is CN(C)[C@@H]1C(=O)C(C(N)=O)=C(O)[C@@]2(O)C(=O)C3=C(O)c4c(O)cccc4[C@@](C)(O)[C@H]3C[C@@H]12.O=S(=O)(O)OC[C@H]1O[C@@](COS(=O)(=O)O)(O[C@H]2O[C@H](COS(=O)(=O)O)[C@@H](OS(=O)(=O)O)[C@H](OS(=O)(=O)O)[C@H]2OS(=O)(=O)O)[C@@H](OS(=O)(=O)O)[C@@H]1OS(=O)(=O)O.[Al]. The fourth-order valence-electron chi connectivity index (χ4n) is 9.74. The van der Waals surface area contributed by atoms with Crippen molar-refractivity contribution in [1.29, 1.82) is 0 Å². The topological polar surface area (TPSA) is 718 Å². The third-order valence-electron chi connectivity index (χ3n) is 12.7. The van der Waals surface area contributed by atoms with Gasteiger partial charge in [0.1, 0.15) is 60.0 Å². The molecule has 1 aromatic carbocycles. The largest absolute Gasteiger partial charge is 0.508 e. The Balaban J connectivity index is 0.000000423. The third-order valence-corrected chi connectivity index (χ3v) is 16.3. The van der Waals surface area contributed by atoms with Crippen molar-refractivity contribution in [3.05, 3.63) is 46.2 Å². The highest BCUT2D eigenvalue weighted by molar-refractivity contribution is 7.82. The van der Waals surface area contributed by atoms with Crippen molar-refractivity contribution in [1.82, 2.24) is 4.90 Å². The average molecular weight is 1450 g/mol. The number of amides is 1. The Morgan fingerprint density at radius 3 is 1.56 bits per heavy atom. The Labute approximate surface area is 506 Å². The molecule has 2 heterocycles. The lowest BCUT2D eigenvalue weighted by atomic mass is 9.54. The lowest BCUT2D eigenvalue weighted by molar-refractivity contribution is -0.374. The fraction of sp³-hybridized carbons (Fsp3) is 0.618. The van der Waals surface area contributed by atoms with Crippen molar-refractivity contribution in [3.8, 4) is 5.75 Å². The van der Waals surface area contributed by atoms with Crippen LogP contribution in [0.15, 0.2) is 35.1 Å². The molecule has 0 unspecified atom stereocenters. The number of nitrogens with zero attached hydrogens (tertiary/aromatic N) is 1. The van der Waals surface area contributed by atoms with E-state index in [1.165, 1.54) is 44.1 Å². The summed E-state index contributed by atoms with van der Waals surface area (Å²) in [6.07, 6.45) is -26.2. The average Bonchev–Trinajstić information content (AvgIpc) is 0.797. The molecular weight excluding hydrogens is 1410 g/mol. The molecule has 3 fully saturated rings. The summed E-state index contributed by atoms with van der Waals surface area (Å²) < 4.78 is 307. The minimum absolute atomic E-state index is 0. The molecule has 501 valence electrons. The van der Waals surface area contributed by atoms with Crippen LogP contribution in [0.25, 0.3) is 5.76 Å². The van der Waals surface area contributed by atoms with Crippen molar-refractivity contribution < 1.29 is 191 Å². The number of rotatable bonds is 23. The Morgan fingerprint density at radius 2 is 1.10 bits per heavy atom. The van der Waals surface area contributed by atoms with E-state index < -0.39 is 233 Å². The number of aliphatic hydroxyl groups is 4. The molecule has 5 aliphatic rings. The highest BCUT2D eigenvalue weighted by Gasteiger charge is 2.68. The number of fused-ring (bicyclic) bond motifs is 3. The van der Waals surface area contributed by atoms with Crippen LogP contribution in [0.5, 0.6) is 5.75 Å². The molecule has 0 spiro atoms. The normalized spacial score (nSPS) is 31.7. The number of carbonyl (C=O) groups excluding carboxylic acids is 3. The van der Waals surface area contributed by atoms with E-state index in [-0.39, 0.29) is 34.9 Å². The van der Waals surface area contributed by atoms with Gasteiger partial charge in [0, 0.05) is 34.8 Å². The van der Waals surface area contributed by atoms with Gasteiger partial charge in [0.2, 0.25) is 11.6 Å². The predicted molar refractivity (Wildman–Crippen MR) is 268 cm³/mol. The van der Waals surface area contributed by atoms with Gasteiger partial charge in [-0.25, -0.2) is 33.5 Å². The lowest BCUT2D eigenvalue weighted by Crippen LogP contribution is -2.67. The number of aliphatic hydroxyl groups excluding tert-OH is 2. The highest BCUT2D eigenvalue weighted by atomic mass is 32.3. The molecule has 2 aliphatic heterocycles. The number of phenols is 1. The Hall–Kier alpha value is -3.84. The Bertz CT molecular complexity index is 3930. The lowest BCUT2D eigenvalue weighted by Gasteiger charge is -2.53.